The highest BCUT2D eigenvalue weighted by Gasteiger charge is 2.21. The summed E-state index contributed by atoms with van der Waals surface area (Å²) in [7, 11) is 0. The largest absolute Gasteiger partial charge is 0.377 e. The van der Waals surface area contributed by atoms with Crippen LogP contribution in [0.25, 0.3) is 0 Å². The number of urea groups is 1. The molecule has 0 aromatic heterocycles. The van der Waals surface area contributed by atoms with Crippen LogP contribution in [0.3, 0.4) is 0 Å². The van der Waals surface area contributed by atoms with Crippen LogP contribution in [0, 0.1) is 0 Å². The van der Waals surface area contributed by atoms with Crippen molar-refractivity contribution in [2.45, 2.75) is 33.1 Å². The molecule has 21 heavy (non-hydrogen) atoms. The Hall–Kier alpha value is -1.59. The lowest BCUT2D eigenvalue weighted by atomic mass is 10.1. The highest BCUT2D eigenvalue weighted by atomic mass is 16.5. The summed E-state index contributed by atoms with van der Waals surface area (Å²) in [6.07, 6.45) is 0.106. The van der Waals surface area contributed by atoms with Crippen LogP contribution >= 0.6 is 0 Å². The molecule has 1 aromatic carbocycles. The molecule has 2 amide bonds. The van der Waals surface area contributed by atoms with E-state index in [1.54, 1.807) is 4.90 Å². The SMILES string of the molecule is CCOCc1ccccc1CNC(=O)N1CCOC(C)C1. The number of rotatable bonds is 5. The molecule has 0 aliphatic carbocycles. The Kier molecular flexibility index (Phi) is 6.02. The van der Waals surface area contributed by atoms with Gasteiger partial charge in [0.15, 0.2) is 0 Å². The lowest BCUT2D eigenvalue weighted by molar-refractivity contribution is -0.00352. The molecule has 0 bridgehead atoms. The van der Waals surface area contributed by atoms with Crippen LogP contribution in [0.2, 0.25) is 0 Å². The van der Waals surface area contributed by atoms with Gasteiger partial charge in [0.1, 0.15) is 0 Å². The first-order chi connectivity index (χ1) is 10.2. The van der Waals surface area contributed by atoms with E-state index in [4.69, 9.17) is 9.47 Å². The quantitative estimate of drug-likeness (QED) is 0.904. The van der Waals surface area contributed by atoms with Gasteiger partial charge in [-0.3, -0.25) is 0 Å². The zero-order valence-corrected chi connectivity index (χ0v) is 12.8. The minimum Gasteiger partial charge on any atom is -0.377 e. The predicted octanol–water partition coefficient (Wildman–Crippen LogP) is 2.15. The minimum absolute atomic E-state index is 0.0311. The zero-order chi connectivity index (χ0) is 15.1. The molecule has 1 aromatic rings. The van der Waals surface area contributed by atoms with Crippen molar-refractivity contribution in [1.82, 2.24) is 10.2 Å². The predicted molar refractivity (Wildman–Crippen MR) is 81.0 cm³/mol. The first-order valence-electron chi connectivity index (χ1n) is 7.49. The average Bonchev–Trinajstić information content (AvgIpc) is 2.51. The normalized spacial score (nSPS) is 18.6. The van der Waals surface area contributed by atoms with E-state index >= 15 is 0 Å². The molecule has 1 aliphatic heterocycles. The summed E-state index contributed by atoms with van der Waals surface area (Å²) in [6, 6.07) is 8.00. The lowest BCUT2D eigenvalue weighted by Gasteiger charge is -2.31. The summed E-state index contributed by atoms with van der Waals surface area (Å²) in [5.74, 6) is 0. The summed E-state index contributed by atoms with van der Waals surface area (Å²) < 4.78 is 10.9. The number of hydrogen-bond acceptors (Lipinski definition) is 3. The number of benzene rings is 1. The van der Waals surface area contributed by atoms with E-state index in [-0.39, 0.29) is 12.1 Å². The van der Waals surface area contributed by atoms with Crippen molar-refractivity contribution in [2.24, 2.45) is 0 Å². The minimum atomic E-state index is -0.0311. The van der Waals surface area contributed by atoms with Gasteiger partial charge in [0.05, 0.1) is 19.3 Å². The molecule has 1 heterocycles. The van der Waals surface area contributed by atoms with Crippen LogP contribution in [-0.4, -0.2) is 43.3 Å². The van der Waals surface area contributed by atoms with Gasteiger partial charge >= 0.3 is 6.03 Å². The second kappa shape index (κ2) is 8.00. The molecule has 1 N–H and O–H groups in total. The van der Waals surface area contributed by atoms with E-state index in [0.29, 0.717) is 39.5 Å². The number of hydrogen-bond donors (Lipinski definition) is 1. The molecular weight excluding hydrogens is 268 g/mol. The molecular formula is C16H24N2O3. The van der Waals surface area contributed by atoms with Crippen LogP contribution in [0.15, 0.2) is 24.3 Å². The molecule has 0 saturated carbocycles. The van der Waals surface area contributed by atoms with Crippen LogP contribution in [0.5, 0.6) is 0 Å². The molecule has 1 unspecified atom stereocenters. The molecule has 116 valence electrons. The van der Waals surface area contributed by atoms with E-state index in [1.807, 2.05) is 38.1 Å². The first-order valence-corrected chi connectivity index (χ1v) is 7.49. The van der Waals surface area contributed by atoms with Crippen molar-refractivity contribution >= 4 is 6.03 Å². The van der Waals surface area contributed by atoms with Gasteiger partial charge in [-0.2, -0.15) is 0 Å². The third-order valence-electron chi connectivity index (χ3n) is 3.54. The van der Waals surface area contributed by atoms with Crippen molar-refractivity contribution < 1.29 is 14.3 Å². The number of ether oxygens (including phenoxy) is 2. The Balaban J connectivity index is 1.88. The van der Waals surface area contributed by atoms with Crippen molar-refractivity contribution in [3.63, 3.8) is 0 Å². The van der Waals surface area contributed by atoms with E-state index < -0.39 is 0 Å². The first kappa shape index (κ1) is 15.8. The van der Waals surface area contributed by atoms with Gasteiger partial charge in [0.25, 0.3) is 0 Å². The van der Waals surface area contributed by atoms with Gasteiger partial charge in [-0.25, -0.2) is 4.79 Å². The highest BCUT2D eigenvalue weighted by molar-refractivity contribution is 5.74. The van der Waals surface area contributed by atoms with Crippen molar-refractivity contribution in [1.29, 1.82) is 0 Å². The Morgan fingerprint density at radius 2 is 2.19 bits per heavy atom. The third kappa shape index (κ3) is 4.72. The summed E-state index contributed by atoms with van der Waals surface area (Å²) >= 11 is 0. The standard InChI is InChI=1S/C16H24N2O3/c1-3-20-12-15-7-5-4-6-14(15)10-17-16(19)18-8-9-21-13(2)11-18/h4-7,13H,3,8-12H2,1-2H3,(H,17,19). The number of nitrogens with one attached hydrogen (secondary N) is 1. The number of amides is 2. The fraction of sp³-hybridized carbons (Fsp3) is 0.562. The molecule has 2 rings (SSSR count). The van der Waals surface area contributed by atoms with Crippen molar-refractivity contribution in [2.75, 3.05) is 26.3 Å². The van der Waals surface area contributed by atoms with Gasteiger partial charge < -0.3 is 19.7 Å². The van der Waals surface area contributed by atoms with Gasteiger partial charge in [-0.1, -0.05) is 24.3 Å². The van der Waals surface area contributed by atoms with Gasteiger partial charge in [0.2, 0.25) is 0 Å². The van der Waals surface area contributed by atoms with E-state index in [1.165, 1.54) is 0 Å². The van der Waals surface area contributed by atoms with Gasteiger partial charge in [-0.05, 0) is 25.0 Å². The Labute approximate surface area is 126 Å². The third-order valence-corrected chi connectivity index (χ3v) is 3.54. The molecule has 0 spiro atoms. The topological polar surface area (TPSA) is 50.8 Å². The molecule has 0 radical (unpaired) electrons. The molecule has 1 fully saturated rings. The smallest absolute Gasteiger partial charge is 0.317 e. The number of nitrogens with zero attached hydrogens (tertiary/aromatic N) is 1. The monoisotopic (exact) mass is 292 g/mol. The zero-order valence-electron chi connectivity index (χ0n) is 12.8. The summed E-state index contributed by atoms with van der Waals surface area (Å²) in [5, 5.41) is 2.98. The van der Waals surface area contributed by atoms with Crippen molar-refractivity contribution in [3.8, 4) is 0 Å². The Bertz CT molecular complexity index is 465. The van der Waals surface area contributed by atoms with E-state index in [0.717, 1.165) is 11.1 Å². The average molecular weight is 292 g/mol. The van der Waals surface area contributed by atoms with Crippen LogP contribution in [0.1, 0.15) is 25.0 Å². The van der Waals surface area contributed by atoms with E-state index in [9.17, 15) is 4.79 Å². The van der Waals surface area contributed by atoms with Gasteiger partial charge in [-0.15, -0.1) is 0 Å². The summed E-state index contributed by atoms with van der Waals surface area (Å²) in [5.41, 5.74) is 2.22. The maximum Gasteiger partial charge on any atom is 0.317 e. The van der Waals surface area contributed by atoms with Crippen LogP contribution in [0.4, 0.5) is 4.79 Å². The Morgan fingerprint density at radius 1 is 1.43 bits per heavy atom. The number of carbonyl (C=O) groups excluding carboxylic acids is 1. The number of carbonyl (C=O) groups is 1. The number of morpholine rings is 1. The highest BCUT2D eigenvalue weighted by Crippen LogP contribution is 2.11. The van der Waals surface area contributed by atoms with Crippen LogP contribution < -0.4 is 5.32 Å². The second-order valence-corrected chi connectivity index (χ2v) is 5.19. The van der Waals surface area contributed by atoms with E-state index in [2.05, 4.69) is 5.32 Å². The van der Waals surface area contributed by atoms with Gasteiger partial charge in [0, 0.05) is 26.2 Å². The fourth-order valence-electron chi connectivity index (χ4n) is 2.37. The summed E-state index contributed by atoms with van der Waals surface area (Å²) in [6.45, 7) is 7.65. The molecule has 5 nitrogen and oxygen atoms in total. The molecule has 1 aliphatic rings. The van der Waals surface area contributed by atoms with Crippen LogP contribution in [-0.2, 0) is 22.6 Å². The maximum atomic E-state index is 12.2. The van der Waals surface area contributed by atoms with Crippen molar-refractivity contribution in [3.05, 3.63) is 35.4 Å². The molecule has 5 heteroatoms. The Morgan fingerprint density at radius 3 is 2.90 bits per heavy atom. The lowest BCUT2D eigenvalue weighted by Crippen LogP contribution is -2.48. The second-order valence-electron chi connectivity index (χ2n) is 5.19. The maximum absolute atomic E-state index is 12.2. The molecule has 1 saturated heterocycles. The fourth-order valence-corrected chi connectivity index (χ4v) is 2.37. The summed E-state index contributed by atoms with van der Waals surface area (Å²) in [4.78, 5) is 14.0. The molecule has 1 atom stereocenters.